The summed E-state index contributed by atoms with van der Waals surface area (Å²) in [6.07, 6.45) is 3.61. The molecule has 0 radical (unpaired) electrons. The molecule has 0 bridgehead atoms. The third-order valence-corrected chi connectivity index (χ3v) is 19.5. The first-order chi connectivity index (χ1) is 35.6. The van der Waals surface area contributed by atoms with Gasteiger partial charge in [-0.1, -0.05) is 42.6 Å². The van der Waals surface area contributed by atoms with E-state index in [0.29, 0.717) is 44.9 Å². The second-order valence-electron chi connectivity index (χ2n) is 24.3. The molecule has 424 valence electrons. The third-order valence-electron chi connectivity index (χ3n) is 19.1. The Labute approximate surface area is 444 Å². The lowest BCUT2D eigenvalue weighted by molar-refractivity contribution is -0.369. The van der Waals surface area contributed by atoms with Crippen molar-refractivity contribution in [1.82, 2.24) is 0 Å². The van der Waals surface area contributed by atoms with Crippen molar-refractivity contribution in [2.45, 2.75) is 275 Å². The van der Waals surface area contributed by atoms with E-state index in [1.54, 1.807) is 32.1 Å². The molecule has 0 spiro atoms. The van der Waals surface area contributed by atoms with Gasteiger partial charge in [0.25, 0.3) is 0 Å². The van der Waals surface area contributed by atoms with Gasteiger partial charge in [-0.15, -0.1) is 8.54 Å². The fraction of sp³-hybridized carbons (Fsp3) is 0.885. The summed E-state index contributed by atoms with van der Waals surface area (Å²) in [5, 5.41) is 23.7. The van der Waals surface area contributed by atoms with E-state index in [4.69, 9.17) is 70.8 Å². The van der Waals surface area contributed by atoms with Crippen molar-refractivity contribution in [2.75, 3.05) is 6.61 Å². The van der Waals surface area contributed by atoms with Gasteiger partial charge in [-0.2, -0.15) is 0 Å². The first kappa shape index (κ1) is 55.7. The first-order valence-corrected chi connectivity index (χ1v) is 29.2. The fourth-order valence-corrected chi connectivity index (χ4v) is 15.2. The highest BCUT2D eigenvalue weighted by molar-refractivity contribution is 7.74. The zero-order valence-electron chi connectivity index (χ0n) is 43.7. The second kappa shape index (κ2) is 21.3. The predicted molar refractivity (Wildman–Crippen MR) is 262 cm³/mol. The van der Waals surface area contributed by atoms with E-state index in [9.17, 15) is 23.2 Å². The van der Waals surface area contributed by atoms with Crippen LogP contribution in [0.25, 0.3) is 0 Å². The van der Waals surface area contributed by atoms with Crippen LogP contribution in [0.5, 0.6) is 0 Å². The molecule has 0 aromatic heterocycles. The summed E-state index contributed by atoms with van der Waals surface area (Å²) in [5.41, 5.74) is -4.00. The summed E-state index contributed by atoms with van der Waals surface area (Å²) >= 11 is -5.33. The summed E-state index contributed by atoms with van der Waals surface area (Å²) in [6.45, 7) is 19.7. The monoisotopic (exact) mass is 1100 g/mol. The molecule has 0 saturated carbocycles. The maximum Gasteiger partial charge on any atom is 0.496 e. The Morgan fingerprint density at radius 1 is 0.733 bits per heavy atom. The number of ether oxygens (including phenoxy) is 11. The molecule has 4 N–H and O–H groups in total. The van der Waals surface area contributed by atoms with E-state index < -0.39 is 106 Å². The Morgan fingerprint density at radius 2 is 1.32 bits per heavy atom. The standard InChI is InChI=1S/C52H78O21S2/c1-9-10-13-48(4,54)47-27(3)18-36-35(66-47)24-43-52(8,69-36)46(53)45-39(65-43)22-38-44(67-45)26(2)11-14-50(6)41(64-38)25-40-51(7,71-50)15-12-28-29(63-40)19-31-30(60-28)20-32-33(61-31)21-37-34(62-32)23-42(70-73-75(57)58)49(5,68-37)16-17-59-72-74(55)56/h9-10,13,26,28-47,53-54H,1,3,11-12,14-25H2,2,4-8H3,(H,55,56)(H,57,58)/b13-10+/t26-,28-,29+,30?,31-,32-,33+,34+,35+,36-,37-,38-,39+,40-,41+,42-,43-,44+,45+,46+,47-,48+,49+,50-,51+,52-/m0/s1. The smallest absolute Gasteiger partial charge is 0.496 e. The fourth-order valence-electron chi connectivity index (χ4n) is 14.9. The first-order valence-electron chi connectivity index (χ1n) is 27.1. The number of allylic oxidation sites excluding steroid dienone is 2. The van der Waals surface area contributed by atoms with Gasteiger partial charge < -0.3 is 71.4 Å². The molecule has 3 unspecified atom stereocenters. The average Bonchev–Trinajstić information content (AvgIpc) is 3.49. The largest absolute Gasteiger partial charge is 0.748 e. The average molecular weight is 1100 g/mol. The molecule has 0 aliphatic carbocycles. The Morgan fingerprint density at radius 3 is 2.00 bits per heavy atom. The number of fused-ring (bicyclic) bond motifs is 10. The highest BCUT2D eigenvalue weighted by atomic mass is 32.2. The van der Waals surface area contributed by atoms with Crippen LogP contribution >= 0.6 is 0 Å². The van der Waals surface area contributed by atoms with Gasteiger partial charge >= 0.3 is 11.4 Å². The highest BCUT2D eigenvalue weighted by Gasteiger charge is 2.65. The molecule has 11 aliphatic rings. The molecule has 0 aromatic carbocycles. The summed E-state index contributed by atoms with van der Waals surface area (Å²) < 4.78 is 126. The van der Waals surface area contributed by atoms with Crippen molar-refractivity contribution >= 4 is 22.7 Å². The normalized spacial score (nSPS) is 53.0. The number of hydrogen-bond donors (Lipinski definition) is 2. The van der Waals surface area contributed by atoms with Crippen molar-refractivity contribution in [2.24, 2.45) is 5.92 Å². The van der Waals surface area contributed by atoms with Crippen LogP contribution in [-0.2, 0) is 93.3 Å². The van der Waals surface area contributed by atoms with Crippen LogP contribution in [0.1, 0.15) is 125 Å². The molecule has 21 nitrogen and oxygen atoms in total. The lowest BCUT2D eigenvalue weighted by Gasteiger charge is -2.61. The number of hydrogen-bond acceptors (Lipinski definition) is 20. The summed E-state index contributed by atoms with van der Waals surface area (Å²) in [5.74, 6) is 0.0910. The van der Waals surface area contributed by atoms with Crippen LogP contribution in [0.15, 0.2) is 37.0 Å². The van der Waals surface area contributed by atoms with Gasteiger partial charge in [0.1, 0.15) is 47.0 Å². The van der Waals surface area contributed by atoms with Crippen LogP contribution in [0.4, 0.5) is 0 Å². The van der Waals surface area contributed by atoms with Crippen LogP contribution < -0.4 is 0 Å². The zero-order chi connectivity index (χ0) is 53.0. The van der Waals surface area contributed by atoms with Gasteiger partial charge in [0.2, 0.25) is 0 Å². The SMILES string of the molecule is C=C/C=C/[C@@](C)(O)[C@H]1O[C@@H]2C[C@@H]3O[C@@H]4C[C@@H]5O[C@@H]6C[C@@H]7O[C@@H]8C[C@@H]9O[C@@H]%10C[C@@H]%11O[C@](C)(CCOOS(=O)[O-])[C@@H](OOS(=O)[OH2+])C[C@H]%11O[C@H]%10CC9O[C@H]8CC[C@@]7(C)O[C@@]6(C)CC[C@H](C)[C@H]5O[C@H]4[C@@H](O)[C@@]3(C)O[C@H]2CC1=C. The predicted octanol–water partition coefficient (Wildman–Crippen LogP) is 3.47. The van der Waals surface area contributed by atoms with Gasteiger partial charge in [0.05, 0.1) is 121 Å². The molecule has 0 amide bonds. The molecule has 11 saturated heterocycles. The molecule has 0 aromatic rings. The van der Waals surface area contributed by atoms with Crippen molar-refractivity contribution in [3.05, 3.63) is 37.0 Å². The Hall–Kier alpha value is -1.24. The summed E-state index contributed by atoms with van der Waals surface area (Å²) in [4.78, 5) is 10.3. The van der Waals surface area contributed by atoms with E-state index >= 15 is 0 Å². The van der Waals surface area contributed by atoms with Crippen LogP contribution in [0.2, 0.25) is 0 Å². The maximum atomic E-state index is 12.3. The molecular weight excluding hydrogens is 1020 g/mol. The Kier molecular flexibility index (Phi) is 15.8. The Balaban J connectivity index is 0.748. The van der Waals surface area contributed by atoms with Crippen LogP contribution in [-0.4, -0.2) is 184 Å². The molecule has 11 aliphatic heterocycles. The third kappa shape index (κ3) is 10.7. The molecule has 11 rings (SSSR count). The lowest BCUT2D eigenvalue weighted by atomic mass is 9.73. The molecule has 23 heteroatoms. The number of aliphatic hydroxyl groups excluding tert-OH is 1. The maximum absolute atomic E-state index is 12.3. The summed E-state index contributed by atoms with van der Waals surface area (Å²) in [7, 11) is 0. The van der Waals surface area contributed by atoms with Crippen molar-refractivity contribution in [3.63, 3.8) is 0 Å². The van der Waals surface area contributed by atoms with Gasteiger partial charge in [-0.3, -0.25) is 0 Å². The molecular formula is C52H78O21S2. The molecule has 11 heterocycles. The number of rotatable bonds is 11. The minimum atomic E-state index is -2.87. The van der Waals surface area contributed by atoms with Crippen LogP contribution in [0, 0.1) is 5.92 Å². The topological polar surface area (TPSA) is 259 Å². The minimum absolute atomic E-state index is 0.0910. The van der Waals surface area contributed by atoms with Crippen LogP contribution in [0.3, 0.4) is 0 Å². The Bertz CT molecular complexity index is 2190. The van der Waals surface area contributed by atoms with E-state index in [-0.39, 0.29) is 92.5 Å². The van der Waals surface area contributed by atoms with Gasteiger partial charge in [-0.05, 0) is 78.2 Å². The van der Waals surface area contributed by atoms with E-state index in [0.717, 1.165) is 31.3 Å². The highest BCUT2D eigenvalue weighted by Crippen LogP contribution is 2.54. The van der Waals surface area contributed by atoms with Gasteiger partial charge in [0, 0.05) is 51.4 Å². The van der Waals surface area contributed by atoms with E-state index in [1.165, 1.54) is 0 Å². The van der Waals surface area contributed by atoms with Gasteiger partial charge in [-0.25, -0.2) is 14.0 Å². The summed E-state index contributed by atoms with van der Waals surface area (Å²) in [6, 6.07) is 0. The molecule has 75 heavy (non-hydrogen) atoms. The van der Waals surface area contributed by atoms with Crippen molar-refractivity contribution in [3.8, 4) is 0 Å². The van der Waals surface area contributed by atoms with Crippen molar-refractivity contribution < 1.29 is 98.3 Å². The molecule has 11 fully saturated rings. The second-order valence-corrected chi connectivity index (χ2v) is 25.5. The minimum Gasteiger partial charge on any atom is -0.748 e. The quantitative estimate of drug-likeness (QED) is 0.0571. The van der Waals surface area contributed by atoms with Crippen molar-refractivity contribution in [1.29, 1.82) is 0 Å². The lowest BCUT2D eigenvalue weighted by Crippen LogP contribution is -2.74. The molecule has 28 atom stereocenters. The number of aliphatic hydroxyl groups is 2. The zero-order valence-corrected chi connectivity index (χ0v) is 45.4. The van der Waals surface area contributed by atoms with E-state index in [1.807, 2.05) is 6.92 Å². The van der Waals surface area contributed by atoms with E-state index in [2.05, 4.69) is 38.3 Å². The van der Waals surface area contributed by atoms with Gasteiger partial charge in [0.15, 0.2) is 0 Å².